The summed E-state index contributed by atoms with van der Waals surface area (Å²) in [5, 5.41) is 3.19. The second-order valence-corrected chi connectivity index (χ2v) is 5.49. The van der Waals surface area contributed by atoms with Gasteiger partial charge in [0.25, 0.3) is 0 Å². The molecule has 17 heavy (non-hydrogen) atoms. The number of nitrogens with one attached hydrogen (secondary N) is 1. The Hall–Kier alpha value is -0.570. The lowest BCUT2D eigenvalue weighted by molar-refractivity contribution is -0.127. The zero-order valence-electron chi connectivity index (χ0n) is 11.5. The maximum absolute atomic E-state index is 12.1. The summed E-state index contributed by atoms with van der Waals surface area (Å²) in [6.45, 7) is 6.51. The van der Waals surface area contributed by atoms with Gasteiger partial charge >= 0.3 is 0 Å². The van der Waals surface area contributed by atoms with E-state index in [0.29, 0.717) is 18.0 Å². The van der Waals surface area contributed by atoms with Crippen molar-refractivity contribution >= 4 is 5.91 Å². The standard InChI is InChI=1S/C14H28N2O/c1-4-11(5-2)10(3)16-14(17)12-6-8-13(15)9-7-12/h10-13H,4-9,15H2,1-3H3,(H,16,17). The summed E-state index contributed by atoms with van der Waals surface area (Å²) in [4.78, 5) is 12.1. The van der Waals surface area contributed by atoms with E-state index >= 15 is 0 Å². The van der Waals surface area contributed by atoms with Gasteiger partial charge in [0, 0.05) is 18.0 Å². The Morgan fingerprint density at radius 3 is 2.24 bits per heavy atom. The van der Waals surface area contributed by atoms with E-state index < -0.39 is 0 Å². The summed E-state index contributed by atoms with van der Waals surface area (Å²) < 4.78 is 0. The highest BCUT2D eigenvalue weighted by Crippen LogP contribution is 2.24. The van der Waals surface area contributed by atoms with Crippen LogP contribution in [0.3, 0.4) is 0 Å². The van der Waals surface area contributed by atoms with Gasteiger partial charge in [-0.25, -0.2) is 0 Å². The highest BCUT2D eigenvalue weighted by Gasteiger charge is 2.26. The fourth-order valence-electron chi connectivity index (χ4n) is 2.84. The molecule has 1 saturated carbocycles. The van der Waals surface area contributed by atoms with Crippen molar-refractivity contribution in [2.75, 3.05) is 0 Å². The van der Waals surface area contributed by atoms with Gasteiger partial charge in [0.1, 0.15) is 0 Å². The number of carbonyl (C=O) groups is 1. The van der Waals surface area contributed by atoms with Crippen molar-refractivity contribution in [1.29, 1.82) is 0 Å². The molecule has 1 amide bonds. The molecule has 0 aromatic rings. The minimum Gasteiger partial charge on any atom is -0.353 e. The SMILES string of the molecule is CCC(CC)C(C)NC(=O)C1CCC(N)CC1. The number of nitrogens with two attached hydrogens (primary N) is 1. The Morgan fingerprint density at radius 1 is 1.24 bits per heavy atom. The van der Waals surface area contributed by atoms with E-state index in [9.17, 15) is 4.79 Å². The Kier molecular flexibility index (Phi) is 5.96. The van der Waals surface area contributed by atoms with Gasteiger partial charge in [-0.1, -0.05) is 26.7 Å². The van der Waals surface area contributed by atoms with Crippen molar-refractivity contribution in [3.8, 4) is 0 Å². The van der Waals surface area contributed by atoms with Crippen LogP contribution in [0.15, 0.2) is 0 Å². The van der Waals surface area contributed by atoms with Gasteiger partial charge in [-0.15, -0.1) is 0 Å². The van der Waals surface area contributed by atoms with E-state index in [-0.39, 0.29) is 11.8 Å². The van der Waals surface area contributed by atoms with Gasteiger partial charge in [0.2, 0.25) is 5.91 Å². The van der Waals surface area contributed by atoms with Gasteiger partial charge in [-0.2, -0.15) is 0 Å². The van der Waals surface area contributed by atoms with E-state index in [1.165, 1.54) is 0 Å². The molecule has 1 unspecified atom stereocenters. The Bertz CT molecular complexity index is 230. The maximum Gasteiger partial charge on any atom is 0.223 e. The molecule has 0 bridgehead atoms. The molecule has 3 nitrogen and oxygen atoms in total. The number of hydrogen-bond donors (Lipinski definition) is 2. The van der Waals surface area contributed by atoms with Gasteiger partial charge in [0.15, 0.2) is 0 Å². The number of amides is 1. The zero-order valence-corrected chi connectivity index (χ0v) is 11.5. The summed E-state index contributed by atoms with van der Waals surface area (Å²) in [6, 6.07) is 0.614. The smallest absolute Gasteiger partial charge is 0.223 e. The molecular formula is C14H28N2O. The molecule has 1 fully saturated rings. The molecular weight excluding hydrogens is 212 g/mol. The normalized spacial score (nSPS) is 26.9. The van der Waals surface area contributed by atoms with Gasteiger partial charge in [-0.05, 0) is 38.5 Å². The lowest BCUT2D eigenvalue weighted by atomic mass is 9.85. The molecule has 3 N–H and O–H groups in total. The topological polar surface area (TPSA) is 55.1 Å². The van der Waals surface area contributed by atoms with Crippen LogP contribution >= 0.6 is 0 Å². The maximum atomic E-state index is 12.1. The minimum absolute atomic E-state index is 0.201. The Morgan fingerprint density at radius 2 is 1.76 bits per heavy atom. The van der Waals surface area contributed by atoms with Crippen LogP contribution in [0, 0.1) is 11.8 Å². The average Bonchev–Trinajstić information content (AvgIpc) is 2.31. The predicted molar refractivity (Wildman–Crippen MR) is 71.6 cm³/mol. The first-order valence-electron chi connectivity index (χ1n) is 7.14. The second kappa shape index (κ2) is 7.00. The molecule has 0 saturated heterocycles. The predicted octanol–water partition coefficient (Wildman–Crippen LogP) is 2.44. The lowest BCUT2D eigenvalue weighted by Crippen LogP contribution is -2.43. The quantitative estimate of drug-likeness (QED) is 0.775. The highest BCUT2D eigenvalue weighted by atomic mass is 16.1. The monoisotopic (exact) mass is 240 g/mol. The van der Waals surface area contributed by atoms with Crippen LogP contribution in [-0.4, -0.2) is 18.0 Å². The van der Waals surface area contributed by atoms with Crippen LogP contribution < -0.4 is 11.1 Å². The third-order valence-corrected chi connectivity index (χ3v) is 4.27. The average molecular weight is 240 g/mol. The molecule has 0 aromatic heterocycles. The highest BCUT2D eigenvalue weighted by molar-refractivity contribution is 5.79. The van der Waals surface area contributed by atoms with Crippen LogP contribution in [0.25, 0.3) is 0 Å². The van der Waals surface area contributed by atoms with E-state index in [0.717, 1.165) is 38.5 Å². The van der Waals surface area contributed by atoms with Crippen molar-refractivity contribution in [1.82, 2.24) is 5.32 Å². The van der Waals surface area contributed by atoms with Crippen LogP contribution in [0.2, 0.25) is 0 Å². The van der Waals surface area contributed by atoms with Crippen molar-refractivity contribution < 1.29 is 4.79 Å². The molecule has 0 heterocycles. The Balaban J connectivity index is 2.38. The zero-order chi connectivity index (χ0) is 12.8. The number of carbonyl (C=O) groups excluding carboxylic acids is 1. The molecule has 0 aliphatic heterocycles. The van der Waals surface area contributed by atoms with Crippen LogP contribution in [-0.2, 0) is 4.79 Å². The minimum atomic E-state index is 0.201. The molecule has 1 aliphatic rings. The number of hydrogen-bond acceptors (Lipinski definition) is 2. The first-order valence-corrected chi connectivity index (χ1v) is 7.14. The molecule has 0 radical (unpaired) electrons. The van der Waals surface area contributed by atoms with Crippen LogP contribution in [0.1, 0.15) is 59.3 Å². The van der Waals surface area contributed by atoms with E-state index in [1.54, 1.807) is 0 Å². The number of rotatable bonds is 5. The molecule has 0 spiro atoms. The first-order chi connectivity index (χ1) is 8.08. The molecule has 3 heteroatoms. The van der Waals surface area contributed by atoms with Gasteiger partial charge in [-0.3, -0.25) is 4.79 Å². The summed E-state index contributed by atoms with van der Waals surface area (Å²) in [6.07, 6.45) is 6.18. The summed E-state index contributed by atoms with van der Waals surface area (Å²) in [5.74, 6) is 1.05. The van der Waals surface area contributed by atoms with Gasteiger partial charge < -0.3 is 11.1 Å². The first kappa shape index (κ1) is 14.5. The van der Waals surface area contributed by atoms with Crippen molar-refractivity contribution in [3.63, 3.8) is 0 Å². The van der Waals surface area contributed by atoms with Crippen molar-refractivity contribution in [3.05, 3.63) is 0 Å². The summed E-state index contributed by atoms with van der Waals surface area (Å²) >= 11 is 0. The molecule has 1 aliphatic carbocycles. The molecule has 100 valence electrons. The van der Waals surface area contributed by atoms with Crippen molar-refractivity contribution in [2.24, 2.45) is 17.6 Å². The largest absolute Gasteiger partial charge is 0.353 e. The molecule has 1 rings (SSSR count). The molecule has 0 aromatic carbocycles. The van der Waals surface area contributed by atoms with E-state index in [4.69, 9.17) is 5.73 Å². The third-order valence-electron chi connectivity index (χ3n) is 4.27. The van der Waals surface area contributed by atoms with Crippen molar-refractivity contribution in [2.45, 2.75) is 71.4 Å². The fraction of sp³-hybridized carbons (Fsp3) is 0.929. The summed E-state index contributed by atoms with van der Waals surface area (Å²) in [5.41, 5.74) is 5.86. The second-order valence-electron chi connectivity index (χ2n) is 5.49. The lowest BCUT2D eigenvalue weighted by Gasteiger charge is -2.28. The van der Waals surface area contributed by atoms with E-state index in [1.807, 2.05) is 0 Å². The fourth-order valence-corrected chi connectivity index (χ4v) is 2.84. The Labute approximate surface area is 106 Å². The molecule has 1 atom stereocenters. The van der Waals surface area contributed by atoms with Gasteiger partial charge in [0.05, 0.1) is 0 Å². The third kappa shape index (κ3) is 4.30. The van der Waals surface area contributed by atoms with Crippen LogP contribution in [0.5, 0.6) is 0 Å². The van der Waals surface area contributed by atoms with E-state index in [2.05, 4.69) is 26.1 Å². The van der Waals surface area contributed by atoms with Crippen LogP contribution in [0.4, 0.5) is 0 Å². The summed E-state index contributed by atoms with van der Waals surface area (Å²) in [7, 11) is 0.